The molecule has 0 saturated carbocycles. The van der Waals surface area contributed by atoms with E-state index >= 15 is 0 Å². The number of rotatable bonds is 5. The predicted molar refractivity (Wildman–Crippen MR) is 77.7 cm³/mol. The third-order valence-electron chi connectivity index (χ3n) is 2.60. The molecule has 0 saturated heterocycles. The van der Waals surface area contributed by atoms with Gasteiger partial charge in [-0.25, -0.2) is 9.97 Å². The second-order valence-electron chi connectivity index (χ2n) is 4.14. The first-order chi connectivity index (χ1) is 8.74. The Kier molecular flexibility index (Phi) is 4.70. The molecule has 1 heterocycles. The Morgan fingerprint density at radius 2 is 1.94 bits per heavy atom. The summed E-state index contributed by atoms with van der Waals surface area (Å²) in [6.45, 7) is 2.80. The quantitative estimate of drug-likeness (QED) is 0.677. The van der Waals surface area contributed by atoms with E-state index in [0.717, 1.165) is 35.6 Å². The molecular weight excluding hydrogens is 290 g/mol. The molecule has 0 amide bonds. The van der Waals surface area contributed by atoms with Crippen molar-refractivity contribution in [3.63, 3.8) is 0 Å². The maximum atomic E-state index is 4.33. The number of halogens is 1. The van der Waals surface area contributed by atoms with Gasteiger partial charge in [0.1, 0.15) is 16.2 Å². The van der Waals surface area contributed by atoms with Crippen molar-refractivity contribution in [2.45, 2.75) is 19.8 Å². The largest absolute Gasteiger partial charge is 0.370 e. The molecule has 18 heavy (non-hydrogen) atoms. The summed E-state index contributed by atoms with van der Waals surface area (Å²) in [4.78, 5) is 8.50. The minimum absolute atomic E-state index is 0.773. The summed E-state index contributed by atoms with van der Waals surface area (Å²) < 4.78 is 0.820. The number of nitrogens with one attached hydrogen (secondary N) is 1. The first-order valence-corrected chi connectivity index (χ1v) is 6.82. The number of nitrogens with zero attached hydrogens (tertiary/aromatic N) is 2. The van der Waals surface area contributed by atoms with Crippen molar-refractivity contribution >= 4 is 21.7 Å². The van der Waals surface area contributed by atoms with Crippen LogP contribution in [0.5, 0.6) is 0 Å². The van der Waals surface area contributed by atoms with E-state index in [1.165, 1.54) is 5.56 Å². The number of aryl methyl sites for hydroxylation is 2. The average Bonchev–Trinajstić information content (AvgIpc) is 2.35. The van der Waals surface area contributed by atoms with Crippen molar-refractivity contribution in [2.24, 2.45) is 0 Å². The summed E-state index contributed by atoms with van der Waals surface area (Å²) in [5, 5.41) is 3.32. The first-order valence-electron chi connectivity index (χ1n) is 6.03. The lowest BCUT2D eigenvalue weighted by Gasteiger charge is -2.06. The molecule has 0 spiro atoms. The second kappa shape index (κ2) is 6.50. The topological polar surface area (TPSA) is 37.8 Å². The van der Waals surface area contributed by atoms with E-state index in [1.54, 1.807) is 0 Å². The van der Waals surface area contributed by atoms with E-state index in [0.29, 0.717) is 0 Å². The minimum Gasteiger partial charge on any atom is -0.370 e. The number of benzene rings is 1. The Morgan fingerprint density at radius 3 is 2.67 bits per heavy atom. The highest BCUT2D eigenvalue weighted by molar-refractivity contribution is 9.10. The Hall–Kier alpha value is -1.42. The molecule has 1 aromatic carbocycles. The molecule has 3 nitrogen and oxygen atoms in total. The van der Waals surface area contributed by atoms with Crippen molar-refractivity contribution in [2.75, 3.05) is 11.9 Å². The molecule has 1 aromatic heterocycles. The summed E-state index contributed by atoms with van der Waals surface area (Å²) in [6, 6.07) is 12.4. The van der Waals surface area contributed by atoms with Crippen LogP contribution in [0.3, 0.4) is 0 Å². The number of anilines is 1. The predicted octanol–water partition coefficient (Wildman–Crippen LogP) is 3.59. The van der Waals surface area contributed by atoms with Crippen LogP contribution in [0.15, 0.2) is 41.0 Å². The molecule has 94 valence electrons. The van der Waals surface area contributed by atoms with Crippen LogP contribution in [0, 0.1) is 6.92 Å². The summed E-state index contributed by atoms with van der Waals surface area (Å²) in [6.07, 6.45) is 2.17. The lowest BCUT2D eigenvalue weighted by molar-refractivity contribution is 0.855. The molecule has 1 N–H and O–H groups in total. The molecule has 0 aliphatic heterocycles. The summed E-state index contributed by atoms with van der Waals surface area (Å²) in [5.41, 5.74) is 1.37. The van der Waals surface area contributed by atoms with Gasteiger partial charge in [0, 0.05) is 12.6 Å². The van der Waals surface area contributed by atoms with Gasteiger partial charge in [-0.3, -0.25) is 0 Å². The fraction of sp³-hybridized carbons (Fsp3) is 0.286. The Balaban J connectivity index is 1.78. The minimum atomic E-state index is 0.773. The van der Waals surface area contributed by atoms with Crippen LogP contribution in [-0.2, 0) is 6.42 Å². The molecule has 0 aliphatic rings. The lowest BCUT2D eigenvalue weighted by Crippen LogP contribution is -2.06. The van der Waals surface area contributed by atoms with Gasteiger partial charge < -0.3 is 5.32 Å². The van der Waals surface area contributed by atoms with Crippen LogP contribution in [0.2, 0.25) is 0 Å². The van der Waals surface area contributed by atoms with Crippen molar-refractivity contribution in [1.82, 2.24) is 9.97 Å². The third kappa shape index (κ3) is 4.11. The average molecular weight is 306 g/mol. The van der Waals surface area contributed by atoms with Gasteiger partial charge in [0.25, 0.3) is 0 Å². The highest BCUT2D eigenvalue weighted by Crippen LogP contribution is 2.12. The van der Waals surface area contributed by atoms with Gasteiger partial charge in [-0.2, -0.15) is 0 Å². The van der Waals surface area contributed by atoms with Crippen molar-refractivity contribution < 1.29 is 0 Å². The van der Waals surface area contributed by atoms with Crippen LogP contribution in [-0.4, -0.2) is 16.5 Å². The maximum Gasteiger partial charge on any atom is 0.130 e. The van der Waals surface area contributed by atoms with E-state index in [1.807, 2.05) is 19.1 Å². The highest BCUT2D eigenvalue weighted by atomic mass is 79.9. The zero-order valence-corrected chi connectivity index (χ0v) is 11.9. The van der Waals surface area contributed by atoms with Gasteiger partial charge >= 0.3 is 0 Å². The van der Waals surface area contributed by atoms with Gasteiger partial charge in [0.2, 0.25) is 0 Å². The van der Waals surface area contributed by atoms with Crippen molar-refractivity contribution in [1.29, 1.82) is 0 Å². The van der Waals surface area contributed by atoms with E-state index in [2.05, 4.69) is 55.5 Å². The molecule has 0 bridgehead atoms. The zero-order chi connectivity index (χ0) is 12.8. The Labute approximate surface area is 116 Å². The normalized spacial score (nSPS) is 10.3. The fourth-order valence-electron chi connectivity index (χ4n) is 1.78. The Bertz CT molecular complexity index is 479. The van der Waals surface area contributed by atoms with Gasteiger partial charge in [-0.15, -0.1) is 0 Å². The second-order valence-corrected chi connectivity index (χ2v) is 4.95. The highest BCUT2D eigenvalue weighted by Gasteiger charge is 1.99. The van der Waals surface area contributed by atoms with Gasteiger partial charge in [0.15, 0.2) is 0 Å². The molecule has 0 radical (unpaired) electrons. The van der Waals surface area contributed by atoms with Crippen LogP contribution >= 0.6 is 15.9 Å². The zero-order valence-electron chi connectivity index (χ0n) is 10.4. The van der Waals surface area contributed by atoms with E-state index in [4.69, 9.17) is 0 Å². The monoisotopic (exact) mass is 305 g/mol. The van der Waals surface area contributed by atoms with Crippen LogP contribution < -0.4 is 5.32 Å². The van der Waals surface area contributed by atoms with Crippen LogP contribution in [0.1, 0.15) is 17.8 Å². The number of hydrogen-bond donors (Lipinski definition) is 1. The van der Waals surface area contributed by atoms with Crippen LogP contribution in [0.4, 0.5) is 5.82 Å². The van der Waals surface area contributed by atoms with Crippen molar-refractivity contribution in [3.05, 3.63) is 52.4 Å². The number of hydrogen-bond acceptors (Lipinski definition) is 3. The first kappa shape index (κ1) is 13.0. The SMILES string of the molecule is Cc1nc(Br)cc(NCCCc2ccccc2)n1. The standard InChI is InChI=1S/C14H16BrN3/c1-11-17-13(15)10-14(18-11)16-9-5-8-12-6-3-2-4-7-12/h2-4,6-7,10H,5,8-9H2,1H3,(H,16,17,18). The van der Waals surface area contributed by atoms with E-state index < -0.39 is 0 Å². The van der Waals surface area contributed by atoms with Crippen molar-refractivity contribution in [3.8, 4) is 0 Å². The van der Waals surface area contributed by atoms with Gasteiger partial charge in [-0.05, 0) is 41.3 Å². The molecule has 4 heteroatoms. The molecule has 2 aromatic rings. The fourth-order valence-corrected chi connectivity index (χ4v) is 2.25. The summed E-state index contributed by atoms with van der Waals surface area (Å²) in [5.74, 6) is 1.65. The van der Waals surface area contributed by atoms with Crippen LogP contribution in [0.25, 0.3) is 0 Å². The molecule has 0 atom stereocenters. The lowest BCUT2D eigenvalue weighted by atomic mass is 10.1. The number of aromatic nitrogens is 2. The molecular formula is C14H16BrN3. The van der Waals surface area contributed by atoms with E-state index in [-0.39, 0.29) is 0 Å². The summed E-state index contributed by atoms with van der Waals surface area (Å²) >= 11 is 3.37. The molecule has 0 fully saturated rings. The van der Waals surface area contributed by atoms with Gasteiger partial charge in [0.05, 0.1) is 0 Å². The van der Waals surface area contributed by atoms with E-state index in [9.17, 15) is 0 Å². The Morgan fingerprint density at radius 1 is 1.17 bits per heavy atom. The third-order valence-corrected chi connectivity index (χ3v) is 3.00. The smallest absolute Gasteiger partial charge is 0.130 e. The molecule has 0 aliphatic carbocycles. The molecule has 0 unspecified atom stereocenters. The summed E-state index contributed by atoms with van der Waals surface area (Å²) in [7, 11) is 0. The molecule has 2 rings (SSSR count). The maximum absolute atomic E-state index is 4.33. The van der Waals surface area contributed by atoms with Gasteiger partial charge in [-0.1, -0.05) is 30.3 Å².